The van der Waals surface area contributed by atoms with Crippen LogP contribution in [0, 0.1) is 0 Å². The van der Waals surface area contributed by atoms with Gasteiger partial charge in [-0.15, -0.1) is 0 Å². The Kier molecular flexibility index (Phi) is 5.95. The van der Waals surface area contributed by atoms with Crippen molar-refractivity contribution in [3.8, 4) is 5.75 Å². The van der Waals surface area contributed by atoms with Crippen molar-refractivity contribution in [1.82, 2.24) is 10.2 Å². The van der Waals surface area contributed by atoms with E-state index in [1.165, 1.54) is 19.3 Å². The van der Waals surface area contributed by atoms with Gasteiger partial charge in [-0.2, -0.15) is 0 Å². The van der Waals surface area contributed by atoms with Crippen LogP contribution in [0.1, 0.15) is 31.1 Å². The molecule has 1 aromatic heterocycles. The molecular formula is C19H25N3O3. The normalized spacial score (nSPS) is 16.2. The molecule has 1 aliphatic heterocycles. The van der Waals surface area contributed by atoms with Crippen LogP contribution in [0.25, 0.3) is 0 Å². The Morgan fingerprint density at radius 3 is 2.72 bits per heavy atom. The lowest BCUT2D eigenvalue weighted by atomic mass is 10.1. The molecule has 0 unspecified atom stereocenters. The summed E-state index contributed by atoms with van der Waals surface area (Å²) >= 11 is 0. The Morgan fingerprint density at radius 1 is 1.20 bits per heavy atom. The van der Waals surface area contributed by atoms with Crippen LogP contribution in [-0.4, -0.2) is 37.7 Å². The number of nitrogens with one attached hydrogen (secondary N) is 2. The molecule has 1 aromatic carbocycles. The molecule has 134 valence electrons. The standard InChI is InChI=1S/C19H25N3O3/c1-24-17-9-4-3-8-15(17)21-19(23)20-14-16(18-10-7-13-25-18)22-11-5-2-6-12-22/h3-4,7-10,13,16H,2,5-6,11-12,14H2,1H3,(H2,20,21,23)/t16-/m1/s1. The first kappa shape index (κ1) is 17.4. The van der Waals surface area contributed by atoms with Gasteiger partial charge in [-0.3, -0.25) is 4.90 Å². The number of hydrogen-bond acceptors (Lipinski definition) is 4. The van der Waals surface area contributed by atoms with E-state index in [-0.39, 0.29) is 12.1 Å². The third-order valence-corrected chi connectivity index (χ3v) is 4.51. The van der Waals surface area contributed by atoms with Crippen LogP contribution in [0.5, 0.6) is 5.75 Å². The van der Waals surface area contributed by atoms with Crippen molar-refractivity contribution < 1.29 is 13.9 Å². The molecule has 1 atom stereocenters. The summed E-state index contributed by atoms with van der Waals surface area (Å²) in [4.78, 5) is 14.7. The smallest absolute Gasteiger partial charge is 0.319 e. The SMILES string of the molecule is COc1ccccc1NC(=O)NC[C@H](c1ccco1)N1CCCCC1. The zero-order valence-electron chi connectivity index (χ0n) is 14.5. The van der Waals surface area contributed by atoms with Crippen LogP contribution in [0.15, 0.2) is 47.1 Å². The molecular weight excluding hydrogens is 318 g/mol. The van der Waals surface area contributed by atoms with E-state index >= 15 is 0 Å². The molecule has 1 fully saturated rings. The summed E-state index contributed by atoms with van der Waals surface area (Å²) in [5.74, 6) is 1.52. The number of piperidine rings is 1. The number of carbonyl (C=O) groups excluding carboxylic acids is 1. The maximum atomic E-state index is 12.3. The molecule has 0 radical (unpaired) electrons. The summed E-state index contributed by atoms with van der Waals surface area (Å²) in [7, 11) is 1.59. The number of furan rings is 1. The first-order valence-electron chi connectivity index (χ1n) is 8.73. The second-order valence-electron chi connectivity index (χ2n) is 6.16. The van der Waals surface area contributed by atoms with Crippen LogP contribution in [-0.2, 0) is 0 Å². The monoisotopic (exact) mass is 343 g/mol. The average Bonchev–Trinajstić information content (AvgIpc) is 3.18. The molecule has 2 N–H and O–H groups in total. The maximum Gasteiger partial charge on any atom is 0.319 e. The van der Waals surface area contributed by atoms with Crippen molar-refractivity contribution in [3.63, 3.8) is 0 Å². The van der Waals surface area contributed by atoms with Crippen LogP contribution in [0.2, 0.25) is 0 Å². The highest BCUT2D eigenvalue weighted by molar-refractivity contribution is 5.90. The topological polar surface area (TPSA) is 66.7 Å². The van der Waals surface area contributed by atoms with Gasteiger partial charge in [-0.25, -0.2) is 4.79 Å². The van der Waals surface area contributed by atoms with E-state index in [1.54, 1.807) is 13.4 Å². The molecule has 6 heteroatoms. The number of nitrogens with zero attached hydrogens (tertiary/aromatic N) is 1. The van der Waals surface area contributed by atoms with E-state index in [1.807, 2.05) is 36.4 Å². The van der Waals surface area contributed by atoms with Gasteiger partial charge < -0.3 is 19.8 Å². The molecule has 0 aliphatic carbocycles. The Labute approximate surface area is 148 Å². The van der Waals surface area contributed by atoms with Crippen LogP contribution in [0.4, 0.5) is 10.5 Å². The summed E-state index contributed by atoms with van der Waals surface area (Å²) in [6, 6.07) is 11.0. The van der Waals surface area contributed by atoms with Crippen molar-refractivity contribution in [3.05, 3.63) is 48.4 Å². The number of hydrogen-bond donors (Lipinski definition) is 2. The van der Waals surface area contributed by atoms with E-state index in [0.717, 1.165) is 18.8 Å². The van der Waals surface area contributed by atoms with Crippen molar-refractivity contribution in [2.45, 2.75) is 25.3 Å². The van der Waals surface area contributed by atoms with Crippen molar-refractivity contribution in [2.24, 2.45) is 0 Å². The molecule has 0 bridgehead atoms. The number of para-hydroxylation sites is 2. The lowest BCUT2D eigenvalue weighted by Gasteiger charge is -2.33. The summed E-state index contributed by atoms with van der Waals surface area (Å²) in [6.07, 6.45) is 5.32. The van der Waals surface area contributed by atoms with E-state index in [9.17, 15) is 4.79 Å². The van der Waals surface area contributed by atoms with E-state index < -0.39 is 0 Å². The highest BCUT2D eigenvalue weighted by Crippen LogP contribution is 2.25. The number of ether oxygens (including phenoxy) is 1. The molecule has 2 aromatic rings. The van der Waals surface area contributed by atoms with Gasteiger partial charge in [-0.05, 0) is 50.2 Å². The minimum Gasteiger partial charge on any atom is -0.495 e. The van der Waals surface area contributed by atoms with Crippen molar-refractivity contribution in [2.75, 3.05) is 32.1 Å². The predicted molar refractivity (Wildman–Crippen MR) is 96.9 cm³/mol. The minimum absolute atomic E-state index is 0.0544. The predicted octanol–water partition coefficient (Wildman–Crippen LogP) is 3.64. The number of anilines is 1. The Morgan fingerprint density at radius 2 is 2.00 bits per heavy atom. The summed E-state index contributed by atoms with van der Waals surface area (Å²) in [5, 5.41) is 5.80. The third-order valence-electron chi connectivity index (χ3n) is 4.51. The lowest BCUT2D eigenvalue weighted by Crippen LogP contribution is -2.41. The largest absolute Gasteiger partial charge is 0.495 e. The van der Waals surface area contributed by atoms with E-state index in [0.29, 0.717) is 18.0 Å². The number of methoxy groups -OCH3 is 1. The number of rotatable bonds is 6. The second-order valence-corrected chi connectivity index (χ2v) is 6.16. The summed E-state index contributed by atoms with van der Waals surface area (Å²) in [6.45, 7) is 2.55. The number of benzene rings is 1. The summed E-state index contributed by atoms with van der Waals surface area (Å²) in [5.41, 5.74) is 0.648. The Bertz CT molecular complexity index is 666. The fourth-order valence-electron chi connectivity index (χ4n) is 3.22. The molecule has 0 saturated carbocycles. The van der Waals surface area contributed by atoms with Gasteiger partial charge in [-0.1, -0.05) is 18.6 Å². The zero-order chi connectivity index (χ0) is 17.5. The van der Waals surface area contributed by atoms with Gasteiger partial charge in [0.2, 0.25) is 0 Å². The van der Waals surface area contributed by atoms with E-state index in [4.69, 9.17) is 9.15 Å². The van der Waals surface area contributed by atoms with Gasteiger partial charge in [0.05, 0.1) is 25.1 Å². The fourth-order valence-corrected chi connectivity index (χ4v) is 3.22. The van der Waals surface area contributed by atoms with Crippen LogP contribution >= 0.6 is 0 Å². The first-order valence-corrected chi connectivity index (χ1v) is 8.73. The first-order chi connectivity index (χ1) is 12.3. The van der Waals surface area contributed by atoms with Crippen molar-refractivity contribution in [1.29, 1.82) is 0 Å². The molecule has 0 spiro atoms. The average molecular weight is 343 g/mol. The number of likely N-dealkylation sites (tertiary alicyclic amines) is 1. The second kappa shape index (κ2) is 8.58. The minimum atomic E-state index is -0.252. The highest BCUT2D eigenvalue weighted by Gasteiger charge is 2.25. The van der Waals surface area contributed by atoms with Gasteiger partial charge in [0.15, 0.2) is 0 Å². The van der Waals surface area contributed by atoms with E-state index in [2.05, 4.69) is 15.5 Å². The number of amides is 2. The van der Waals surface area contributed by atoms with Gasteiger partial charge in [0, 0.05) is 6.54 Å². The fraction of sp³-hybridized carbons (Fsp3) is 0.421. The molecule has 1 saturated heterocycles. The van der Waals surface area contributed by atoms with Crippen molar-refractivity contribution >= 4 is 11.7 Å². The van der Waals surface area contributed by atoms with Gasteiger partial charge in [0.1, 0.15) is 11.5 Å². The lowest BCUT2D eigenvalue weighted by molar-refractivity contribution is 0.144. The molecule has 2 heterocycles. The van der Waals surface area contributed by atoms with Crippen LogP contribution < -0.4 is 15.4 Å². The third kappa shape index (κ3) is 4.54. The zero-order valence-corrected chi connectivity index (χ0v) is 14.5. The molecule has 2 amide bonds. The molecule has 3 rings (SSSR count). The Hall–Kier alpha value is -2.47. The quantitative estimate of drug-likeness (QED) is 0.840. The summed E-state index contributed by atoms with van der Waals surface area (Å²) < 4.78 is 10.9. The molecule has 1 aliphatic rings. The Balaban J connectivity index is 1.61. The van der Waals surface area contributed by atoms with Gasteiger partial charge in [0.25, 0.3) is 0 Å². The number of urea groups is 1. The van der Waals surface area contributed by atoms with Gasteiger partial charge >= 0.3 is 6.03 Å². The maximum absolute atomic E-state index is 12.3. The van der Waals surface area contributed by atoms with Crippen LogP contribution in [0.3, 0.4) is 0 Å². The highest BCUT2D eigenvalue weighted by atomic mass is 16.5. The molecule has 6 nitrogen and oxygen atoms in total. The number of carbonyl (C=O) groups is 1. The molecule has 25 heavy (non-hydrogen) atoms.